The zero-order chi connectivity index (χ0) is 18.9. The van der Waals surface area contributed by atoms with Gasteiger partial charge in [0.15, 0.2) is 0 Å². The number of aryl methyl sites for hydroxylation is 2. The molecule has 0 radical (unpaired) electrons. The second-order valence-corrected chi connectivity index (χ2v) is 8.49. The summed E-state index contributed by atoms with van der Waals surface area (Å²) in [6.45, 7) is 2.20. The highest BCUT2D eigenvalue weighted by molar-refractivity contribution is 6.30. The molecule has 1 unspecified atom stereocenters. The van der Waals surface area contributed by atoms with E-state index in [0.29, 0.717) is 0 Å². The summed E-state index contributed by atoms with van der Waals surface area (Å²) in [4.78, 5) is 14.9. The van der Waals surface area contributed by atoms with E-state index in [2.05, 4.69) is 39.1 Å². The molecule has 0 saturated carbocycles. The number of likely N-dealkylation sites (tertiary alicyclic amines) is 1. The van der Waals surface area contributed by atoms with E-state index in [0.717, 1.165) is 43.3 Å². The number of rotatable bonds is 3. The molecule has 2 aliphatic rings. The molecule has 1 aliphatic heterocycles. The Kier molecular flexibility index (Phi) is 4.91. The zero-order valence-electron chi connectivity index (χ0n) is 15.9. The van der Waals surface area contributed by atoms with Gasteiger partial charge in [-0.2, -0.15) is 0 Å². The normalized spacial score (nSPS) is 20.4. The van der Waals surface area contributed by atoms with Crippen molar-refractivity contribution in [2.45, 2.75) is 38.1 Å². The standard InChI is InChI=1S/C23H25ClN4/c24-19-5-6-21-18(13-19)4-3-17-2-1-9-26-22(17)23(21)28-10-7-16(8-11-28)12-20-14-25-15-27-20/h1-2,5-6,9,13-16,23H,3-4,7-8,10-12H2,(H,25,27). The van der Waals surface area contributed by atoms with E-state index in [1.54, 1.807) is 6.33 Å². The molecule has 1 fully saturated rings. The van der Waals surface area contributed by atoms with Gasteiger partial charge < -0.3 is 4.98 Å². The summed E-state index contributed by atoms with van der Waals surface area (Å²) in [6, 6.07) is 11.0. The Labute approximate surface area is 171 Å². The van der Waals surface area contributed by atoms with E-state index >= 15 is 0 Å². The molecule has 1 atom stereocenters. The Bertz CT molecular complexity index is 945. The highest BCUT2D eigenvalue weighted by atomic mass is 35.5. The number of nitrogens with one attached hydrogen (secondary N) is 1. The van der Waals surface area contributed by atoms with Gasteiger partial charge in [-0.25, -0.2) is 4.98 Å². The van der Waals surface area contributed by atoms with Gasteiger partial charge in [0.25, 0.3) is 0 Å². The summed E-state index contributed by atoms with van der Waals surface area (Å²) in [6.07, 6.45) is 11.3. The first-order chi connectivity index (χ1) is 13.8. The third-order valence-electron chi connectivity index (χ3n) is 6.33. The number of hydrogen-bond acceptors (Lipinski definition) is 3. The molecule has 1 saturated heterocycles. The van der Waals surface area contributed by atoms with Gasteiger partial charge in [0, 0.05) is 23.1 Å². The summed E-state index contributed by atoms with van der Waals surface area (Å²) in [5.41, 5.74) is 6.61. The first-order valence-electron chi connectivity index (χ1n) is 10.2. The van der Waals surface area contributed by atoms with Crippen molar-refractivity contribution in [1.29, 1.82) is 0 Å². The van der Waals surface area contributed by atoms with E-state index in [1.807, 2.05) is 18.5 Å². The van der Waals surface area contributed by atoms with Crippen molar-refractivity contribution in [3.05, 3.63) is 82.2 Å². The van der Waals surface area contributed by atoms with Crippen LogP contribution in [-0.4, -0.2) is 32.9 Å². The number of fused-ring (bicyclic) bond motifs is 2. The monoisotopic (exact) mass is 392 g/mol. The van der Waals surface area contributed by atoms with Gasteiger partial charge >= 0.3 is 0 Å². The molecule has 2 aromatic heterocycles. The smallest absolute Gasteiger partial charge is 0.0921 e. The average molecular weight is 393 g/mol. The lowest BCUT2D eigenvalue weighted by Gasteiger charge is -2.38. The first kappa shape index (κ1) is 17.9. The van der Waals surface area contributed by atoms with E-state index in [9.17, 15) is 0 Å². The molecule has 144 valence electrons. The number of halogens is 1. The Morgan fingerprint density at radius 1 is 1.11 bits per heavy atom. The topological polar surface area (TPSA) is 44.8 Å². The van der Waals surface area contributed by atoms with E-state index in [1.165, 1.54) is 40.9 Å². The Hall–Kier alpha value is -2.17. The predicted molar refractivity (Wildman–Crippen MR) is 112 cm³/mol. The van der Waals surface area contributed by atoms with Crippen LogP contribution in [0, 0.1) is 5.92 Å². The molecule has 5 heteroatoms. The van der Waals surface area contributed by atoms with Crippen molar-refractivity contribution in [2.24, 2.45) is 5.92 Å². The van der Waals surface area contributed by atoms with Crippen LogP contribution in [0.4, 0.5) is 0 Å². The Balaban J connectivity index is 1.43. The van der Waals surface area contributed by atoms with Crippen LogP contribution in [0.1, 0.15) is 47.0 Å². The van der Waals surface area contributed by atoms with Gasteiger partial charge in [0.2, 0.25) is 0 Å². The van der Waals surface area contributed by atoms with Crippen molar-refractivity contribution in [1.82, 2.24) is 19.9 Å². The third kappa shape index (κ3) is 3.47. The van der Waals surface area contributed by atoms with Crippen LogP contribution in [0.5, 0.6) is 0 Å². The lowest BCUT2D eigenvalue weighted by atomic mass is 9.89. The van der Waals surface area contributed by atoms with Crippen LogP contribution in [0.25, 0.3) is 0 Å². The van der Waals surface area contributed by atoms with Gasteiger partial charge in [-0.05, 0) is 86.0 Å². The predicted octanol–water partition coefficient (Wildman–Crippen LogP) is 4.60. The summed E-state index contributed by atoms with van der Waals surface area (Å²) < 4.78 is 0. The number of imidazole rings is 1. The second kappa shape index (κ2) is 7.69. The fraction of sp³-hybridized carbons (Fsp3) is 0.391. The summed E-state index contributed by atoms with van der Waals surface area (Å²) in [5.74, 6) is 0.718. The van der Waals surface area contributed by atoms with E-state index in [-0.39, 0.29) is 6.04 Å². The van der Waals surface area contributed by atoms with Crippen LogP contribution < -0.4 is 0 Å². The maximum atomic E-state index is 6.32. The molecular weight excluding hydrogens is 368 g/mol. The molecular formula is C23H25ClN4. The molecule has 3 heterocycles. The van der Waals surface area contributed by atoms with Crippen molar-refractivity contribution in [3.63, 3.8) is 0 Å². The van der Waals surface area contributed by atoms with Gasteiger partial charge in [0.1, 0.15) is 0 Å². The summed E-state index contributed by atoms with van der Waals surface area (Å²) in [5, 5.41) is 0.828. The zero-order valence-corrected chi connectivity index (χ0v) is 16.7. The quantitative estimate of drug-likeness (QED) is 0.708. The summed E-state index contributed by atoms with van der Waals surface area (Å²) in [7, 11) is 0. The number of H-pyrrole nitrogens is 1. The number of hydrogen-bond donors (Lipinski definition) is 1. The minimum absolute atomic E-state index is 0.235. The van der Waals surface area contributed by atoms with Crippen LogP contribution in [0.15, 0.2) is 49.1 Å². The van der Waals surface area contributed by atoms with Crippen LogP contribution in [-0.2, 0) is 19.3 Å². The molecule has 1 N–H and O–H groups in total. The number of aromatic nitrogens is 3. The maximum absolute atomic E-state index is 6.32. The fourth-order valence-corrected chi connectivity index (χ4v) is 5.07. The van der Waals surface area contributed by atoms with Crippen molar-refractivity contribution in [3.8, 4) is 0 Å². The molecule has 1 aliphatic carbocycles. The highest BCUT2D eigenvalue weighted by Gasteiger charge is 2.32. The minimum Gasteiger partial charge on any atom is -0.348 e. The largest absolute Gasteiger partial charge is 0.348 e. The van der Waals surface area contributed by atoms with Crippen molar-refractivity contribution >= 4 is 11.6 Å². The lowest BCUT2D eigenvalue weighted by Crippen LogP contribution is -2.38. The van der Waals surface area contributed by atoms with Crippen molar-refractivity contribution < 1.29 is 0 Å². The number of nitrogens with zero attached hydrogens (tertiary/aromatic N) is 3. The molecule has 0 spiro atoms. The maximum Gasteiger partial charge on any atom is 0.0921 e. The number of pyridine rings is 1. The highest BCUT2D eigenvalue weighted by Crippen LogP contribution is 2.38. The molecule has 3 aromatic rings. The molecule has 28 heavy (non-hydrogen) atoms. The van der Waals surface area contributed by atoms with Gasteiger partial charge in [-0.3, -0.25) is 9.88 Å². The Morgan fingerprint density at radius 3 is 2.79 bits per heavy atom. The average Bonchev–Trinajstić information content (AvgIpc) is 3.17. The van der Waals surface area contributed by atoms with E-state index in [4.69, 9.17) is 16.6 Å². The molecule has 0 bridgehead atoms. The van der Waals surface area contributed by atoms with Crippen LogP contribution in [0.2, 0.25) is 5.02 Å². The van der Waals surface area contributed by atoms with Gasteiger partial charge in [-0.1, -0.05) is 23.7 Å². The van der Waals surface area contributed by atoms with Crippen LogP contribution >= 0.6 is 11.6 Å². The molecule has 0 amide bonds. The number of piperidine rings is 1. The minimum atomic E-state index is 0.235. The molecule has 1 aromatic carbocycles. The number of aromatic amines is 1. The van der Waals surface area contributed by atoms with E-state index < -0.39 is 0 Å². The fourth-order valence-electron chi connectivity index (χ4n) is 4.87. The SMILES string of the molecule is Clc1ccc2c(c1)CCc1cccnc1C2N1CCC(Cc2cnc[nH]2)CC1. The lowest BCUT2D eigenvalue weighted by molar-refractivity contribution is 0.148. The van der Waals surface area contributed by atoms with Gasteiger partial charge in [-0.15, -0.1) is 0 Å². The summed E-state index contributed by atoms with van der Waals surface area (Å²) >= 11 is 6.32. The van der Waals surface area contributed by atoms with Crippen LogP contribution in [0.3, 0.4) is 0 Å². The van der Waals surface area contributed by atoms with Crippen molar-refractivity contribution in [2.75, 3.05) is 13.1 Å². The first-order valence-corrected chi connectivity index (χ1v) is 10.6. The molecule has 4 nitrogen and oxygen atoms in total. The Morgan fingerprint density at radius 2 is 1.96 bits per heavy atom. The third-order valence-corrected chi connectivity index (χ3v) is 6.56. The second-order valence-electron chi connectivity index (χ2n) is 8.05. The number of benzene rings is 1. The molecule has 5 rings (SSSR count). The van der Waals surface area contributed by atoms with Gasteiger partial charge in [0.05, 0.1) is 18.1 Å².